The summed E-state index contributed by atoms with van der Waals surface area (Å²) in [4.78, 5) is 42.0. The second-order valence-corrected chi connectivity index (χ2v) is 6.83. The van der Waals surface area contributed by atoms with E-state index in [-0.39, 0.29) is 22.5 Å². The third kappa shape index (κ3) is 3.28. The third-order valence-corrected chi connectivity index (χ3v) is 4.73. The number of pyridine rings is 1. The molecule has 0 aliphatic rings. The van der Waals surface area contributed by atoms with Gasteiger partial charge in [0.05, 0.1) is 10.9 Å². The predicted octanol–water partition coefficient (Wildman–Crippen LogP) is 1.49. The Morgan fingerprint density at radius 3 is 2.48 bits per heavy atom. The van der Waals surface area contributed by atoms with E-state index in [4.69, 9.17) is 0 Å². The number of nitrogens with zero attached hydrogens (tertiary/aromatic N) is 3. The Morgan fingerprint density at radius 1 is 1.07 bits per heavy atom. The van der Waals surface area contributed by atoms with Gasteiger partial charge in [0.1, 0.15) is 5.65 Å². The first-order chi connectivity index (χ1) is 12.7. The van der Waals surface area contributed by atoms with E-state index in [2.05, 4.69) is 10.3 Å². The number of hydrogen-bond acceptors (Lipinski definition) is 4. The lowest BCUT2D eigenvalue weighted by molar-refractivity contribution is 0.0952. The number of nitrogens with one attached hydrogen (secondary N) is 1. The molecule has 27 heavy (non-hydrogen) atoms. The third-order valence-electron chi connectivity index (χ3n) is 4.73. The monoisotopic (exact) mass is 366 g/mol. The molecule has 2 heterocycles. The molecule has 0 aliphatic carbocycles. The van der Waals surface area contributed by atoms with Crippen LogP contribution in [0.2, 0.25) is 0 Å². The first-order valence-corrected chi connectivity index (χ1v) is 8.62. The van der Waals surface area contributed by atoms with Crippen LogP contribution >= 0.6 is 0 Å². The zero-order chi connectivity index (χ0) is 19.9. The van der Waals surface area contributed by atoms with Crippen LogP contribution in [0.25, 0.3) is 11.0 Å². The van der Waals surface area contributed by atoms with Gasteiger partial charge in [-0.3, -0.25) is 18.7 Å². The van der Waals surface area contributed by atoms with Gasteiger partial charge in [-0.1, -0.05) is 23.8 Å². The van der Waals surface area contributed by atoms with E-state index in [1.54, 1.807) is 13.0 Å². The highest BCUT2D eigenvalue weighted by molar-refractivity contribution is 6.05. The van der Waals surface area contributed by atoms with Crippen molar-refractivity contribution in [3.63, 3.8) is 0 Å². The fourth-order valence-electron chi connectivity index (χ4n) is 3.12. The number of rotatable bonds is 3. The fraction of sp³-hybridized carbons (Fsp3) is 0.300. The largest absolute Gasteiger partial charge is 0.348 e. The van der Waals surface area contributed by atoms with Gasteiger partial charge in [0.15, 0.2) is 0 Å². The van der Waals surface area contributed by atoms with Crippen molar-refractivity contribution in [1.29, 1.82) is 0 Å². The maximum Gasteiger partial charge on any atom is 0.332 e. The first kappa shape index (κ1) is 18.6. The average molecular weight is 366 g/mol. The van der Waals surface area contributed by atoms with Crippen LogP contribution < -0.4 is 16.6 Å². The van der Waals surface area contributed by atoms with Gasteiger partial charge in [-0.2, -0.15) is 0 Å². The number of aryl methyl sites for hydroxylation is 4. The Morgan fingerprint density at radius 2 is 1.78 bits per heavy atom. The quantitative estimate of drug-likeness (QED) is 0.761. The molecule has 3 aromatic rings. The zero-order valence-electron chi connectivity index (χ0n) is 16.1. The van der Waals surface area contributed by atoms with E-state index in [0.717, 1.165) is 21.3 Å². The van der Waals surface area contributed by atoms with E-state index < -0.39 is 11.2 Å². The molecular formula is C20H22N4O3. The van der Waals surface area contributed by atoms with Crippen LogP contribution in [-0.2, 0) is 20.6 Å². The summed E-state index contributed by atoms with van der Waals surface area (Å²) in [6.45, 7) is 6.05. The van der Waals surface area contributed by atoms with Gasteiger partial charge >= 0.3 is 5.69 Å². The zero-order valence-corrected chi connectivity index (χ0v) is 16.1. The first-order valence-electron chi connectivity index (χ1n) is 8.62. The molecule has 0 bridgehead atoms. The summed E-state index contributed by atoms with van der Waals surface area (Å²) in [6.07, 6.45) is 0. The van der Waals surface area contributed by atoms with E-state index in [0.29, 0.717) is 12.2 Å². The lowest BCUT2D eigenvalue weighted by Crippen LogP contribution is -2.38. The Labute approximate surface area is 156 Å². The number of amides is 1. The predicted molar refractivity (Wildman–Crippen MR) is 104 cm³/mol. The normalized spacial score (nSPS) is 11.0. The highest BCUT2D eigenvalue weighted by Crippen LogP contribution is 2.15. The summed E-state index contributed by atoms with van der Waals surface area (Å²) in [7, 11) is 2.93. The van der Waals surface area contributed by atoms with Crippen LogP contribution in [0, 0.1) is 20.8 Å². The molecule has 0 spiro atoms. The number of benzene rings is 1. The van der Waals surface area contributed by atoms with Crippen LogP contribution in [0.4, 0.5) is 0 Å². The van der Waals surface area contributed by atoms with Crippen molar-refractivity contribution < 1.29 is 4.79 Å². The highest BCUT2D eigenvalue weighted by atomic mass is 16.2. The number of hydrogen-bond donors (Lipinski definition) is 1. The van der Waals surface area contributed by atoms with Crippen LogP contribution in [0.15, 0.2) is 33.9 Å². The molecule has 1 N–H and O–H groups in total. The van der Waals surface area contributed by atoms with Gasteiger partial charge in [-0.25, -0.2) is 9.78 Å². The molecule has 2 aromatic heterocycles. The summed E-state index contributed by atoms with van der Waals surface area (Å²) in [6, 6.07) is 7.62. The Hall–Kier alpha value is -3.22. The van der Waals surface area contributed by atoms with E-state index in [9.17, 15) is 14.4 Å². The SMILES string of the molecule is Cc1ccc(C)c(CNC(=O)c2cc(C)nc3c2c(=O)n(C)c(=O)n3C)c1. The summed E-state index contributed by atoms with van der Waals surface area (Å²) in [5.74, 6) is -0.373. The van der Waals surface area contributed by atoms with Gasteiger partial charge in [-0.05, 0) is 38.0 Å². The number of fused-ring (bicyclic) bond motifs is 1. The molecule has 1 aromatic carbocycles. The molecule has 0 aliphatic heterocycles. The molecule has 0 saturated carbocycles. The second-order valence-electron chi connectivity index (χ2n) is 6.83. The van der Waals surface area contributed by atoms with Crippen LogP contribution in [-0.4, -0.2) is 20.0 Å². The standard InChI is InChI=1S/C20H22N4O3/c1-11-6-7-12(2)14(8-11)10-21-18(25)15-9-13(3)22-17-16(15)19(26)24(5)20(27)23(17)4/h6-9H,10H2,1-5H3,(H,21,25). The van der Waals surface area contributed by atoms with Crippen molar-refractivity contribution >= 4 is 16.9 Å². The van der Waals surface area contributed by atoms with Crippen molar-refractivity contribution in [3.8, 4) is 0 Å². The van der Waals surface area contributed by atoms with Crippen molar-refractivity contribution in [3.05, 3.63) is 73.1 Å². The van der Waals surface area contributed by atoms with Crippen molar-refractivity contribution in [2.45, 2.75) is 27.3 Å². The van der Waals surface area contributed by atoms with E-state index in [1.165, 1.54) is 18.7 Å². The summed E-state index contributed by atoms with van der Waals surface area (Å²) in [5, 5.41) is 3.02. The molecule has 7 heteroatoms. The van der Waals surface area contributed by atoms with Gasteiger partial charge in [-0.15, -0.1) is 0 Å². The molecule has 0 fully saturated rings. The molecule has 7 nitrogen and oxygen atoms in total. The number of carbonyl (C=O) groups is 1. The minimum absolute atomic E-state index is 0.142. The van der Waals surface area contributed by atoms with Gasteiger partial charge < -0.3 is 5.32 Å². The number of carbonyl (C=O) groups excluding carboxylic acids is 1. The lowest BCUT2D eigenvalue weighted by Gasteiger charge is -2.13. The summed E-state index contributed by atoms with van der Waals surface area (Å²) >= 11 is 0. The lowest BCUT2D eigenvalue weighted by atomic mass is 10.1. The van der Waals surface area contributed by atoms with E-state index >= 15 is 0 Å². The number of aromatic nitrogens is 3. The average Bonchev–Trinajstić information content (AvgIpc) is 2.64. The minimum atomic E-state index is -0.530. The Kier molecular flexibility index (Phi) is 4.70. The van der Waals surface area contributed by atoms with Crippen LogP contribution in [0.3, 0.4) is 0 Å². The smallest absolute Gasteiger partial charge is 0.332 e. The van der Waals surface area contributed by atoms with Gasteiger partial charge in [0.2, 0.25) is 0 Å². The molecule has 0 atom stereocenters. The van der Waals surface area contributed by atoms with Gasteiger partial charge in [0.25, 0.3) is 11.5 Å². The van der Waals surface area contributed by atoms with E-state index in [1.807, 2.05) is 32.0 Å². The van der Waals surface area contributed by atoms with Crippen LogP contribution in [0.5, 0.6) is 0 Å². The molecule has 0 radical (unpaired) electrons. The fourth-order valence-corrected chi connectivity index (χ4v) is 3.12. The van der Waals surface area contributed by atoms with Crippen LogP contribution in [0.1, 0.15) is 32.7 Å². The summed E-state index contributed by atoms with van der Waals surface area (Å²) in [5.41, 5.74) is 3.18. The second kappa shape index (κ2) is 6.83. The Bertz CT molecular complexity index is 1190. The molecule has 140 valence electrons. The summed E-state index contributed by atoms with van der Waals surface area (Å²) < 4.78 is 2.27. The van der Waals surface area contributed by atoms with Crippen molar-refractivity contribution in [2.24, 2.45) is 14.1 Å². The minimum Gasteiger partial charge on any atom is -0.348 e. The maximum atomic E-state index is 12.9. The van der Waals surface area contributed by atoms with Gasteiger partial charge in [0, 0.05) is 26.3 Å². The van der Waals surface area contributed by atoms with Crippen molar-refractivity contribution in [1.82, 2.24) is 19.4 Å². The molecule has 0 unspecified atom stereocenters. The molecular weight excluding hydrogens is 344 g/mol. The molecule has 3 rings (SSSR count). The Balaban J connectivity index is 2.08. The molecule has 0 saturated heterocycles. The van der Waals surface area contributed by atoms with Crippen molar-refractivity contribution in [2.75, 3.05) is 0 Å². The maximum absolute atomic E-state index is 12.9. The topological polar surface area (TPSA) is 86.0 Å². The molecule has 1 amide bonds. The highest BCUT2D eigenvalue weighted by Gasteiger charge is 2.19.